The molecule has 6 rings (SSSR count). The molecular formula is C33H31NO3. The summed E-state index contributed by atoms with van der Waals surface area (Å²) in [5.74, 6) is -1.86. The topological polar surface area (TPSA) is 54.5 Å². The van der Waals surface area contributed by atoms with Gasteiger partial charge in [-0.1, -0.05) is 86.6 Å². The van der Waals surface area contributed by atoms with Crippen LogP contribution in [0.4, 0.5) is 5.69 Å². The van der Waals surface area contributed by atoms with E-state index in [4.69, 9.17) is 0 Å². The smallest absolute Gasteiger partial charge is 0.239 e. The van der Waals surface area contributed by atoms with Crippen molar-refractivity contribution in [1.82, 2.24) is 0 Å². The molecule has 0 spiro atoms. The largest absolute Gasteiger partial charge is 0.298 e. The lowest BCUT2D eigenvalue weighted by Gasteiger charge is -2.38. The lowest BCUT2D eigenvalue weighted by Crippen LogP contribution is -2.42. The maximum Gasteiger partial charge on any atom is 0.239 e. The average Bonchev–Trinajstić information content (AvgIpc) is 3.42. The number of amides is 2. The minimum absolute atomic E-state index is 0.0417. The molecule has 1 aliphatic heterocycles. The van der Waals surface area contributed by atoms with Crippen LogP contribution in [0.3, 0.4) is 0 Å². The summed E-state index contributed by atoms with van der Waals surface area (Å²) in [7, 11) is 0. The maximum atomic E-state index is 14.7. The molecule has 4 heteroatoms. The third kappa shape index (κ3) is 2.76. The van der Waals surface area contributed by atoms with Gasteiger partial charge >= 0.3 is 0 Å². The molecule has 0 aromatic heterocycles. The normalized spacial score (nSPS) is 28.4. The van der Waals surface area contributed by atoms with Gasteiger partial charge in [0.05, 0.1) is 28.4 Å². The number of hydrogen-bond acceptors (Lipinski definition) is 3. The molecule has 2 aliphatic carbocycles. The van der Waals surface area contributed by atoms with Gasteiger partial charge in [-0.3, -0.25) is 14.4 Å². The first-order valence-electron chi connectivity index (χ1n) is 13.2. The zero-order valence-corrected chi connectivity index (χ0v) is 21.7. The van der Waals surface area contributed by atoms with E-state index in [2.05, 4.69) is 0 Å². The molecule has 186 valence electrons. The summed E-state index contributed by atoms with van der Waals surface area (Å²) in [6, 6.07) is 25.8. The van der Waals surface area contributed by atoms with Crippen LogP contribution < -0.4 is 4.90 Å². The van der Waals surface area contributed by atoms with Gasteiger partial charge in [-0.25, -0.2) is 4.90 Å². The van der Waals surface area contributed by atoms with E-state index in [9.17, 15) is 14.4 Å². The molecule has 0 unspecified atom stereocenters. The summed E-state index contributed by atoms with van der Waals surface area (Å²) in [4.78, 5) is 44.9. The second kappa shape index (κ2) is 8.11. The zero-order valence-electron chi connectivity index (χ0n) is 21.7. The Bertz CT molecular complexity index is 1400. The Balaban J connectivity index is 1.68. The van der Waals surface area contributed by atoms with Crippen molar-refractivity contribution in [2.24, 2.45) is 22.7 Å². The maximum absolute atomic E-state index is 14.7. The number of benzene rings is 3. The number of rotatable bonds is 5. The molecule has 2 fully saturated rings. The second-order valence-corrected chi connectivity index (χ2v) is 10.7. The van der Waals surface area contributed by atoms with Crippen molar-refractivity contribution in [1.29, 1.82) is 0 Å². The highest BCUT2D eigenvalue weighted by atomic mass is 16.2. The lowest BCUT2D eigenvalue weighted by atomic mass is 9.60. The summed E-state index contributed by atoms with van der Waals surface area (Å²) in [6.45, 7) is 7.88. The van der Waals surface area contributed by atoms with Crippen LogP contribution in [0.25, 0.3) is 11.1 Å². The van der Waals surface area contributed by atoms with E-state index < -0.39 is 22.7 Å². The van der Waals surface area contributed by atoms with Crippen molar-refractivity contribution in [2.45, 2.75) is 40.5 Å². The summed E-state index contributed by atoms with van der Waals surface area (Å²) in [6.07, 6.45) is 0.934. The van der Waals surface area contributed by atoms with Gasteiger partial charge in [0.1, 0.15) is 0 Å². The van der Waals surface area contributed by atoms with E-state index in [0.29, 0.717) is 18.5 Å². The molecule has 4 atom stereocenters. The number of allylic oxidation sites excluding steroid dienone is 2. The number of nitrogens with zero attached hydrogens (tertiary/aromatic N) is 1. The Morgan fingerprint density at radius 1 is 0.676 bits per heavy atom. The number of fused-ring (bicyclic) bond motifs is 5. The van der Waals surface area contributed by atoms with Crippen molar-refractivity contribution in [2.75, 3.05) is 4.90 Å². The molecule has 37 heavy (non-hydrogen) atoms. The molecule has 4 nitrogen and oxygen atoms in total. The van der Waals surface area contributed by atoms with E-state index in [1.807, 2.05) is 107 Å². The highest BCUT2D eigenvalue weighted by Crippen LogP contribution is 2.75. The molecule has 0 N–H and O–H groups in total. The third-order valence-electron chi connectivity index (χ3n) is 9.17. The Hall–Kier alpha value is -3.79. The van der Waals surface area contributed by atoms with Crippen LogP contribution >= 0.6 is 0 Å². The Morgan fingerprint density at radius 2 is 1.14 bits per heavy atom. The van der Waals surface area contributed by atoms with Crippen molar-refractivity contribution >= 4 is 34.4 Å². The SMILES string of the molecule is CC[C@]12C(=O)[C@](CC)(C(c3ccccc3)=C1c1ccccc1)[C@@H]1C(=O)N(c3cc(C)ccc3C)C(=O)[C@H]12. The molecule has 3 aliphatic rings. The Kier molecular flexibility index (Phi) is 5.17. The number of hydrogen-bond donors (Lipinski definition) is 0. The van der Waals surface area contributed by atoms with Crippen LogP contribution in [0.5, 0.6) is 0 Å². The van der Waals surface area contributed by atoms with Gasteiger partial charge in [-0.2, -0.15) is 0 Å². The number of carbonyl (C=O) groups is 3. The Morgan fingerprint density at radius 3 is 1.57 bits per heavy atom. The number of ketones is 1. The minimum Gasteiger partial charge on any atom is -0.298 e. The number of Topliss-reactive ketones (excluding diaryl/α,β-unsaturated/α-hetero) is 1. The summed E-state index contributed by atoms with van der Waals surface area (Å²) < 4.78 is 0. The molecule has 1 saturated heterocycles. The van der Waals surface area contributed by atoms with E-state index in [0.717, 1.165) is 33.4 Å². The van der Waals surface area contributed by atoms with Crippen molar-refractivity contribution < 1.29 is 14.4 Å². The first-order chi connectivity index (χ1) is 17.8. The molecule has 1 heterocycles. The number of aryl methyl sites for hydroxylation is 2. The standard InChI is InChI=1S/C33H31NO3/c1-5-32-25(22-13-9-7-10-14-22)26(23-15-11-8-12-16-23)33(6-2,31(32)37)28-27(32)29(35)34(30(28)36)24-19-20(3)17-18-21(24)4/h7-19,27-28H,5-6H2,1-4H3/t27-,28-,32-,33+/m0/s1. The number of imide groups is 1. The molecule has 3 aromatic carbocycles. The highest BCUT2D eigenvalue weighted by molar-refractivity contribution is 6.34. The van der Waals surface area contributed by atoms with Gasteiger partial charge in [0.2, 0.25) is 11.8 Å². The van der Waals surface area contributed by atoms with E-state index in [-0.39, 0.29) is 17.6 Å². The molecule has 2 amide bonds. The van der Waals surface area contributed by atoms with Crippen molar-refractivity contribution in [3.8, 4) is 0 Å². The molecule has 1 saturated carbocycles. The van der Waals surface area contributed by atoms with E-state index in [1.54, 1.807) is 0 Å². The monoisotopic (exact) mass is 489 g/mol. The van der Waals surface area contributed by atoms with Crippen LogP contribution in [-0.4, -0.2) is 17.6 Å². The molecule has 2 bridgehead atoms. The van der Waals surface area contributed by atoms with E-state index >= 15 is 0 Å². The van der Waals surface area contributed by atoms with Gasteiger partial charge < -0.3 is 0 Å². The Labute approximate surface area is 218 Å². The summed E-state index contributed by atoms with van der Waals surface area (Å²) in [5, 5.41) is 0. The first-order valence-corrected chi connectivity index (χ1v) is 13.2. The molecule has 0 radical (unpaired) electrons. The lowest BCUT2D eigenvalue weighted by molar-refractivity contribution is -0.134. The van der Waals surface area contributed by atoms with Gasteiger partial charge in [-0.05, 0) is 66.2 Å². The van der Waals surface area contributed by atoms with E-state index in [1.165, 1.54) is 4.90 Å². The number of carbonyl (C=O) groups excluding carboxylic acids is 3. The fourth-order valence-corrected chi connectivity index (χ4v) is 7.65. The van der Waals surface area contributed by atoms with Gasteiger partial charge in [0.15, 0.2) is 5.78 Å². The summed E-state index contributed by atoms with van der Waals surface area (Å²) in [5.41, 5.74) is 4.17. The van der Waals surface area contributed by atoms with Crippen LogP contribution in [0.1, 0.15) is 48.9 Å². The zero-order chi connectivity index (χ0) is 26.1. The van der Waals surface area contributed by atoms with Crippen LogP contribution in [0.15, 0.2) is 78.9 Å². The highest BCUT2D eigenvalue weighted by Gasteiger charge is 2.80. The first kappa shape index (κ1) is 23.6. The third-order valence-corrected chi connectivity index (χ3v) is 9.17. The van der Waals surface area contributed by atoms with Crippen LogP contribution in [0.2, 0.25) is 0 Å². The van der Waals surface area contributed by atoms with Gasteiger partial charge in [-0.15, -0.1) is 0 Å². The van der Waals surface area contributed by atoms with Crippen LogP contribution in [0, 0.1) is 36.5 Å². The van der Waals surface area contributed by atoms with Gasteiger partial charge in [0.25, 0.3) is 0 Å². The van der Waals surface area contributed by atoms with Gasteiger partial charge in [0, 0.05) is 0 Å². The molecular weight excluding hydrogens is 458 g/mol. The fraction of sp³-hybridized carbons (Fsp3) is 0.303. The van der Waals surface area contributed by atoms with Crippen LogP contribution in [-0.2, 0) is 14.4 Å². The van der Waals surface area contributed by atoms with Crippen molar-refractivity contribution in [3.05, 3.63) is 101 Å². The number of anilines is 1. The fourth-order valence-electron chi connectivity index (χ4n) is 7.65. The predicted octanol–water partition coefficient (Wildman–Crippen LogP) is 6.41. The summed E-state index contributed by atoms with van der Waals surface area (Å²) >= 11 is 0. The minimum atomic E-state index is -1.05. The quantitative estimate of drug-likeness (QED) is 0.389. The second-order valence-electron chi connectivity index (χ2n) is 10.7. The molecule has 3 aromatic rings. The predicted molar refractivity (Wildman–Crippen MR) is 146 cm³/mol. The van der Waals surface area contributed by atoms with Crippen molar-refractivity contribution in [3.63, 3.8) is 0 Å². The average molecular weight is 490 g/mol.